The fourth-order valence-electron chi connectivity index (χ4n) is 3.05. The van der Waals surface area contributed by atoms with Gasteiger partial charge in [0, 0.05) is 6.54 Å². The Kier molecular flexibility index (Phi) is 7.00. The van der Waals surface area contributed by atoms with Crippen LogP contribution < -0.4 is 5.32 Å². The predicted octanol–water partition coefficient (Wildman–Crippen LogP) is 4.84. The van der Waals surface area contributed by atoms with Gasteiger partial charge in [0.1, 0.15) is 0 Å². The summed E-state index contributed by atoms with van der Waals surface area (Å²) < 4.78 is 67.0. The molecule has 0 fully saturated rings. The Bertz CT molecular complexity index is 1180. The van der Waals surface area contributed by atoms with Crippen LogP contribution in [0.5, 0.6) is 0 Å². The molecule has 3 aromatic carbocycles. The van der Waals surface area contributed by atoms with Gasteiger partial charge in [0.15, 0.2) is 0 Å². The van der Waals surface area contributed by atoms with Crippen LogP contribution in [0, 0.1) is 6.92 Å². The summed E-state index contributed by atoms with van der Waals surface area (Å²) in [6.07, 6.45) is -4.67. The van der Waals surface area contributed by atoms with E-state index in [2.05, 4.69) is 5.32 Å². The van der Waals surface area contributed by atoms with Crippen LogP contribution in [0.25, 0.3) is 0 Å². The number of alkyl halides is 3. The van der Waals surface area contributed by atoms with Gasteiger partial charge < -0.3 is 5.32 Å². The number of carbonyl (C=O) groups is 1. The average molecular weight is 462 g/mol. The Hall–Kier alpha value is -3.17. The fourth-order valence-corrected chi connectivity index (χ4v) is 4.46. The highest BCUT2D eigenvalue weighted by atomic mass is 32.2. The van der Waals surface area contributed by atoms with Gasteiger partial charge in [0.05, 0.1) is 22.7 Å². The van der Waals surface area contributed by atoms with E-state index in [1.165, 1.54) is 24.3 Å². The maximum atomic E-state index is 13.2. The molecule has 0 bridgehead atoms. The van der Waals surface area contributed by atoms with Crippen LogP contribution >= 0.6 is 0 Å². The zero-order valence-electron chi connectivity index (χ0n) is 17.1. The van der Waals surface area contributed by atoms with E-state index in [0.29, 0.717) is 5.56 Å². The van der Waals surface area contributed by atoms with Crippen molar-refractivity contribution >= 4 is 21.6 Å². The molecule has 0 aliphatic heterocycles. The second-order valence-corrected chi connectivity index (χ2v) is 9.10. The van der Waals surface area contributed by atoms with Crippen LogP contribution in [0.15, 0.2) is 83.8 Å². The molecule has 32 heavy (non-hydrogen) atoms. The molecular weight excluding hydrogens is 441 g/mol. The van der Waals surface area contributed by atoms with Gasteiger partial charge in [0.25, 0.3) is 0 Å². The van der Waals surface area contributed by atoms with E-state index in [-0.39, 0.29) is 11.4 Å². The maximum absolute atomic E-state index is 13.2. The molecule has 0 unspecified atom stereocenters. The van der Waals surface area contributed by atoms with Crippen molar-refractivity contribution < 1.29 is 26.4 Å². The van der Waals surface area contributed by atoms with E-state index < -0.39 is 39.9 Å². The van der Waals surface area contributed by atoms with E-state index in [9.17, 15) is 26.4 Å². The molecular formula is C23H21F3N2O3S. The number of amides is 1. The van der Waals surface area contributed by atoms with Crippen LogP contribution in [0.2, 0.25) is 0 Å². The predicted molar refractivity (Wildman–Crippen MR) is 115 cm³/mol. The Morgan fingerprint density at radius 1 is 0.906 bits per heavy atom. The zero-order chi connectivity index (χ0) is 23.4. The standard InChI is InChI=1S/C23H21F3N2O3S/c1-17-11-13-18(14-12-17)15-28(32(30,31)19-7-3-2-4-8-19)16-22(29)27-21-10-6-5-9-20(21)23(24,25)26/h2-14H,15-16H2,1H3,(H,27,29). The van der Waals surface area contributed by atoms with Crippen LogP contribution in [-0.2, 0) is 27.5 Å². The largest absolute Gasteiger partial charge is 0.418 e. The minimum absolute atomic E-state index is 0.0180. The van der Waals surface area contributed by atoms with Crippen molar-refractivity contribution in [1.29, 1.82) is 0 Å². The smallest absolute Gasteiger partial charge is 0.324 e. The third-order valence-electron chi connectivity index (χ3n) is 4.69. The third kappa shape index (κ3) is 5.74. The van der Waals surface area contributed by atoms with E-state index in [4.69, 9.17) is 0 Å². The van der Waals surface area contributed by atoms with E-state index in [0.717, 1.165) is 22.0 Å². The van der Waals surface area contributed by atoms with Gasteiger partial charge in [-0.15, -0.1) is 0 Å². The van der Waals surface area contributed by atoms with E-state index in [1.807, 2.05) is 19.1 Å². The minimum Gasteiger partial charge on any atom is -0.324 e. The monoisotopic (exact) mass is 462 g/mol. The molecule has 0 atom stereocenters. The maximum Gasteiger partial charge on any atom is 0.418 e. The summed E-state index contributed by atoms with van der Waals surface area (Å²) in [5.41, 5.74) is 0.174. The quantitative estimate of drug-likeness (QED) is 0.546. The first-order valence-corrected chi connectivity index (χ1v) is 11.1. The van der Waals surface area contributed by atoms with Crippen LogP contribution in [-0.4, -0.2) is 25.2 Å². The Morgan fingerprint density at radius 2 is 1.50 bits per heavy atom. The lowest BCUT2D eigenvalue weighted by molar-refractivity contribution is -0.137. The lowest BCUT2D eigenvalue weighted by atomic mass is 10.1. The number of para-hydroxylation sites is 1. The SMILES string of the molecule is Cc1ccc(CN(CC(=O)Nc2ccccc2C(F)(F)F)S(=O)(=O)c2ccccc2)cc1. The van der Waals surface area contributed by atoms with Gasteiger partial charge in [-0.3, -0.25) is 4.79 Å². The highest BCUT2D eigenvalue weighted by molar-refractivity contribution is 7.89. The number of halogens is 3. The Labute approximate surface area is 184 Å². The zero-order valence-corrected chi connectivity index (χ0v) is 18.0. The third-order valence-corrected chi connectivity index (χ3v) is 6.49. The summed E-state index contributed by atoms with van der Waals surface area (Å²) in [6.45, 7) is 1.11. The molecule has 5 nitrogen and oxygen atoms in total. The summed E-state index contributed by atoms with van der Waals surface area (Å²) in [5, 5.41) is 2.20. The van der Waals surface area contributed by atoms with Crippen molar-refractivity contribution in [3.05, 3.63) is 95.6 Å². The van der Waals surface area contributed by atoms with Crippen molar-refractivity contribution in [3.8, 4) is 0 Å². The van der Waals surface area contributed by atoms with Gasteiger partial charge in [0.2, 0.25) is 15.9 Å². The molecule has 0 radical (unpaired) electrons. The van der Waals surface area contributed by atoms with Gasteiger partial charge in [-0.05, 0) is 36.8 Å². The molecule has 0 saturated heterocycles. The molecule has 0 spiro atoms. The summed E-state index contributed by atoms with van der Waals surface area (Å²) in [6, 6.07) is 19.2. The van der Waals surface area contributed by atoms with Crippen molar-refractivity contribution in [2.75, 3.05) is 11.9 Å². The van der Waals surface area contributed by atoms with Crippen molar-refractivity contribution in [1.82, 2.24) is 4.31 Å². The topological polar surface area (TPSA) is 66.5 Å². The summed E-state index contributed by atoms with van der Waals surface area (Å²) in [5.74, 6) is -0.881. The fraction of sp³-hybridized carbons (Fsp3) is 0.174. The van der Waals surface area contributed by atoms with Gasteiger partial charge in [-0.1, -0.05) is 60.2 Å². The number of benzene rings is 3. The van der Waals surface area contributed by atoms with Gasteiger partial charge in [-0.25, -0.2) is 8.42 Å². The number of aryl methyl sites for hydroxylation is 1. The van der Waals surface area contributed by atoms with Crippen LogP contribution in [0.3, 0.4) is 0 Å². The van der Waals surface area contributed by atoms with Crippen LogP contribution in [0.4, 0.5) is 18.9 Å². The molecule has 0 saturated carbocycles. The second-order valence-electron chi connectivity index (χ2n) is 7.16. The van der Waals surface area contributed by atoms with E-state index >= 15 is 0 Å². The Balaban J connectivity index is 1.89. The number of carbonyl (C=O) groups excluding carboxylic acids is 1. The van der Waals surface area contributed by atoms with Crippen molar-refractivity contribution in [2.24, 2.45) is 0 Å². The minimum atomic E-state index is -4.67. The summed E-state index contributed by atoms with van der Waals surface area (Å²) in [7, 11) is -4.08. The molecule has 168 valence electrons. The van der Waals surface area contributed by atoms with Crippen molar-refractivity contribution in [2.45, 2.75) is 24.5 Å². The second kappa shape index (κ2) is 9.54. The Morgan fingerprint density at radius 3 is 2.12 bits per heavy atom. The first kappa shape index (κ1) is 23.5. The number of hydrogen-bond donors (Lipinski definition) is 1. The lowest BCUT2D eigenvalue weighted by Gasteiger charge is -2.22. The van der Waals surface area contributed by atoms with Crippen molar-refractivity contribution in [3.63, 3.8) is 0 Å². The normalized spacial score (nSPS) is 12.0. The number of sulfonamides is 1. The van der Waals surface area contributed by atoms with Gasteiger partial charge >= 0.3 is 6.18 Å². The number of rotatable bonds is 7. The first-order chi connectivity index (χ1) is 15.1. The molecule has 9 heteroatoms. The lowest BCUT2D eigenvalue weighted by Crippen LogP contribution is -2.37. The molecule has 3 rings (SSSR count). The average Bonchev–Trinajstić information content (AvgIpc) is 2.75. The number of hydrogen-bond acceptors (Lipinski definition) is 3. The molecule has 0 aliphatic rings. The van der Waals surface area contributed by atoms with Crippen LogP contribution in [0.1, 0.15) is 16.7 Å². The number of nitrogens with one attached hydrogen (secondary N) is 1. The number of nitrogens with zero attached hydrogens (tertiary/aromatic N) is 1. The molecule has 0 aromatic heterocycles. The summed E-state index contributed by atoms with van der Waals surface area (Å²) in [4.78, 5) is 12.6. The molecule has 1 N–H and O–H groups in total. The molecule has 0 aliphatic carbocycles. The van der Waals surface area contributed by atoms with E-state index in [1.54, 1.807) is 30.3 Å². The number of anilines is 1. The highest BCUT2D eigenvalue weighted by Crippen LogP contribution is 2.34. The first-order valence-electron chi connectivity index (χ1n) is 9.64. The highest BCUT2D eigenvalue weighted by Gasteiger charge is 2.34. The molecule has 0 heterocycles. The summed E-state index contributed by atoms with van der Waals surface area (Å²) >= 11 is 0. The molecule has 1 amide bonds. The van der Waals surface area contributed by atoms with Gasteiger partial charge in [-0.2, -0.15) is 17.5 Å². The molecule has 3 aromatic rings.